The fourth-order valence-corrected chi connectivity index (χ4v) is 1.21. The molecule has 0 aliphatic carbocycles. The van der Waals surface area contributed by atoms with Crippen molar-refractivity contribution >= 4 is 12.2 Å². The molecule has 0 unspecified atom stereocenters. The van der Waals surface area contributed by atoms with E-state index in [1.165, 1.54) is 5.56 Å². The van der Waals surface area contributed by atoms with E-state index < -0.39 is 0 Å². The van der Waals surface area contributed by atoms with E-state index in [0.29, 0.717) is 0 Å². The van der Waals surface area contributed by atoms with Gasteiger partial charge in [-0.25, -0.2) is 0 Å². The summed E-state index contributed by atoms with van der Waals surface area (Å²) in [5, 5.41) is 0. The van der Waals surface area contributed by atoms with E-state index in [1.807, 2.05) is 13.0 Å². The zero-order valence-electron chi connectivity index (χ0n) is 7.63. The van der Waals surface area contributed by atoms with Crippen molar-refractivity contribution in [3.8, 4) is 0 Å². The van der Waals surface area contributed by atoms with Crippen molar-refractivity contribution in [1.82, 2.24) is 0 Å². The predicted molar refractivity (Wildman–Crippen MR) is 52.9 cm³/mol. The van der Waals surface area contributed by atoms with E-state index in [0.717, 1.165) is 17.7 Å². The number of hydrogen-bond donors (Lipinski definition) is 0. The van der Waals surface area contributed by atoms with Crippen LogP contribution in [-0.4, -0.2) is 0 Å². The Hall–Kier alpha value is -1.24. The van der Waals surface area contributed by atoms with Crippen LogP contribution in [0.3, 0.4) is 0 Å². The summed E-state index contributed by atoms with van der Waals surface area (Å²) in [6.07, 6.45) is 8.61. The molecule has 64 valence electrons. The normalized spacial score (nSPS) is 10.8. The van der Waals surface area contributed by atoms with Gasteiger partial charge in [0.2, 0.25) is 0 Å². The van der Waals surface area contributed by atoms with Crippen LogP contribution in [0.2, 0.25) is 0 Å². The van der Waals surface area contributed by atoms with E-state index >= 15 is 0 Å². The molecule has 0 saturated heterocycles. The highest BCUT2D eigenvalue weighted by atomic mass is 16.3. The maximum atomic E-state index is 5.32. The highest BCUT2D eigenvalue weighted by Crippen LogP contribution is 2.20. The first-order valence-electron chi connectivity index (χ1n) is 4.19. The summed E-state index contributed by atoms with van der Waals surface area (Å²) >= 11 is 0. The fourth-order valence-electron chi connectivity index (χ4n) is 1.21. The Morgan fingerprint density at radius 2 is 2.33 bits per heavy atom. The Bertz CT molecular complexity index is 292. The van der Waals surface area contributed by atoms with Gasteiger partial charge in [0.05, 0.1) is 6.26 Å². The third-order valence-electron chi connectivity index (χ3n) is 1.84. The molecule has 0 aliphatic heterocycles. The van der Waals surface area contributed by atoms with Crippen LogP contribution in [0, 0.1) is 0 Å². The average molecular weight is 162 g/mol. The van der Waals surface area contributed by atoms with E-state index in [4.69, 9.17) is 4.42 Å². The summed E-state index contributed by atoms with van der Waals surface area (Å²) in [5.41, 5.74) is 2.40. The van der Waals surface area contributed by atoms with Gasteiger partial charge in [-0.2, -0.15) is 0 Å². The van der Waals surface area contributed by atoms with E-state index in [1.54, 1.807) is 12.3 Å². The SMILES string of the molecule is C=Cc1occ(CC)c1/C=C\C. The van der Waals surface area contributed by atoms with Gasteiger partial charge in [0.1, 0.15) is 5.76 Å². The van der Waals surface area contributed by atoms with Gasteiger partial charge in [-0.3, -0.25) is 0 Å². The van der Waals surface area contributed by atoms with Gasteiger partial charge in [-0.1, -0.05) is 25.7 Å². The summed E-state index contributed by atoms with van der Waals surface area (Å²) in [5.74, 6) is 0.866. The zero-order valence-corrected chi connectivity index (χ0v) is 7.63. The molecule has 0 aromatic carbocycles. The van der Waals surface area contributed by atoms with Crippen LogP contribution in [0.15, 0.2) is 23.3 Å². The Balaban J connectivity index is 3.15. The van der Waals surface area contributed by atoms with Crippen LogP contribution < -0.4 is 0 Å². The largest absolute Gasteiger partial charge is 0.464 e. The molecule has 0 radical (unpaired) electrons. The first-order valence-corrected chi connectivity index (χ1v) is 4.19. The molecule has 0 atom stereocenters. The third-order valence-corrected chi connectivity index (χ3v) is 1.84. The first kappa shape index (κ1) is 8.85. The molecule has 1 heterocycles. The van der Waals surface area contributed by atoms with Crippen molar-refractivity contribution in [2.24, 2.45) is 0 Å². The Labute approximate surface area is 73.4 Å². The predicted octanol–water partition coefficient (Wildman–Crippen LogP) is 3.52. The summed E-state index contributed by atoms with van der Waals surface area (Å²) in [4.78, 5) is 0. The monoisotopic (exact) mass is 162 g/mol. The standard InChI is InChI=1S/C11H14O/c1-4-7-10-9(5-2)8-12-11(10)6-3/h4,6-8H,3,5H2,1-2H3/b7-4-. The molecule has 1 aromatic rings. The van der Waals surface area contributed by atoms with E-state index in [9.17, 15) is 0 Å². The number of hydrogen-bond acceptors (Lipinski definition) is 1. The summed E-state index contributed by atoms with van der Waals surface area (Å²) in [7, 11) is 0. The molecule has 1 nitrogen and oxygen atoms in total. The molecule has 1 heteroatoms. The van der Waals surface area contributed by atoms with Crippen molar-refractivity contribution < 1.29 is 4.42 Å². The van der Waals surface area contributed by atoms with Crippen LogP contribution in [-0.2, 0) is 6.42 Å². The van der Waals surface area contributed by atoms with Gasteiger partial charge < -0.3 is 4.42 Å². The summed E-state index contributed by atoms with van der Waals surface area (Å²) < 4.78 is 5.32. The minimum absolute atomic E-state index is 0.866. The zero-order chi connectivity index (χ0) is 8.97. The lowest BCUT2D eigenvalue weighted by molar-refractivity contribution is 0.554. The van der Waals surface area contributed by atoms with Crippen LogP contribution in [0.25, 0.3) is 12.2 Å². The molecular formula is C11H14O. The van der Waals surface area contributed by atoms with Crippen molar-refractivity contribution in [3.63, 3.8) is 0 Å². The molecule has 0 aliphatic rings. The van der Waals surface area contributed by atoms with Crippen molar-refractivity contribution in [3.05, 3.63) is 35.8 Å². The first-order chi connectivity index (χ1) is 5.83. The Morgan fingerprint density at radius 3 is 2.83 bits per heavy atom. The Morgan fingerprint density at radius 1 is 1.58 bits per heavy atom. The van der Waals surface area contributed by atoms with Gasteiger partial charge >= 0.3 is 0 Å². The minimum Gasteiger partial charge on any atom is -0.464 e. The number of aryl methyl sites for hydroxylation is 1. The fraction of sp³-hybridized carbons (Fsp3) is 0.273. The van der Waals surface area contributed by atoms with Gasteiger partial charge in [-0.05, 0) is 25.0 Å². The highest BCUT2D eigenvalue weighted by molar-refractivity contribution is 5.63. The molecule has 12 heavy (non-hydrogen) atoms. The van der Waals surface area contributed by atoms with Gasteiger partial charge in [0.15, 0.2) is 0 Å². The number of allylic oxidation sites excluding steroid dienone is 1. The molecule has 0 N–H and O–H groups in total. The lowest BCUT2D eigenvalue weighted by Crippen LogP contribution is -1.80. The summed E-state index contributed by atoms with van der Waals surface area (Å²) in [6, 6.07) is 0. The van der Waals surface area contributed by atoms with E-state index in [2.05, 4.69) is 19.6 Å². The van der Waals surface area contributed by atoms with Crippen LogP contribution in [0.1, 0.15) is 30.7 Å². The molecular weight excluding hydrogens is 148 g/mol. The molecule has 1 aromatic heterocycles. The van der Waals surface area contributed by atoms with Crippen LogP contribution >= 0.6 is 0 Å². The maximum Gasteiger partial charge on any atom is 0.133 e. The van der Waals surface area contributed by atoms with Crippen molar-refractivity contribution in [2.45, 2.75) is 20.3 Å². The van der Waals surface area contributed by atoms with E-state index in [-0.39, 0.29) is 0 Å². The smallest absolute Gasteiger partial charge is 0.133 e. The second-order valence-corrected chi connectivity index (χ2v) is 2.60. The second kappa shape index (κ2) is 3.96. The molecule has 0 saturated carbocycles. The maximum absolute atomic E-state index is 5.32. The lowest BCUT2D eigenvalue weighted by Gasteiger charge is -1.92. The van der Waals surface area contributed by atoms with Crippen LogP contribution in [0.5, 0.6) is 0 Å². The van der Waals surface area contributed by atoms with Gasteiger partial charge in [-0.15, -0.1) is 0 Å². The van der Waals surface area contributed by atoms with Gasteiger partial charge in [0.25, 0.3) is 0 Å². The Kier molecular flexibility index (Phi) is 2.92. The average Bonchev–Trinajstić information content (AvgIpc) is 2.48. The summed E-state index contributed by atoms with van der Waals surface area (Å²) in [6.45, 7) is 7.81. The second-order valence-electron chi connectivity index (χ2n) is 2.60. The van der Waals surface area contributed by atoms with Crippen molar-refractivity contribution in [2.75, 3.05) is 0 Å². The molecule has 0 spiro atoms. The third kappa shape index (κ3) is 1.50. The van der Waals surface area contributed by atoms with Crippen molar-refractivity contribution in [1.29, 1.82) is 0 Å². The molecule has 0 bridgehead atoms. The highest BCUT2D eigenvalue weighted by Gasteiger charge is 2.05. The number of furan rings is 1. The number of rotatable bonds is 3. The quantitative estimate of drug-likeness (QED) is 0.662. The molecule has 0 amide bonds. The molecule has 0 fully saturated rings. The van der Waals surface area contributed by atoms with Crippen LogP contribution in [0.4, 0.5) is 0 Å². The van der Waals surface area contributed by atoms with Gasteiger partial charge in [0, 0.05) is 5.56 Å². The lowest BCUT2D eigenvalue weighted by atomic mass is 10.1. The topological polar surface area (TPSA) is 13.1 Å². The molecule has 1 rings (SSSR count). The minimum atomic E-state index is 0.866.